The molecule has 17 heavy (non-hydrogen) atoms. The Morgan fingerprint density at radius 3 is 2.88 bits per heavy atom. The summed E-state index contributed by atoms with van der Waals surface area (Å²) in [5.74, 6) is 0.343. The highest BCUT2D eigenvalue weighted by atomic mass is 32.1. The average molecular weight is 251 g/mol. The molecule has 4 N–H and O–H groups in total. The molecule has 7 heteroatoms. The van der Waals surface area contributed by atoms with Gasteiger partial charge >= 0.3 is 0 Å². The lowest BCUT2D eigenvalue weighted by Gasteiger charge is -1.99. The molecule has 90 valence electrons. The maximum Gasteiger partial charge on any atom is 0.275 e. The molecule has 0 atom stereocenters. The van der Waals surface area contributed by atoms with Gasteiger partial charge in [0.05, 0.1) is 5.69 Å². The van der Waals surface area contributed by atoms with Crippen molar-refractivity contribution in [1.82, 2.24) is 15.2 Å². The van der Waals surface area contributed by atoms with Crippen molar-refractivity contribution < 1.29 is 4.79 Å². The number of nitrogens with one attached hydrogen (secondary N) is 2. The minimum absolute atomic E-state index is 0.289. The quantitative estimate of drug-likeness (QED) is 0.775. The van der Waals surface area contributed by atoms with Gasteiger partial charge < -0.3 is 5.73 Å². The number of nitrogen functional groups attached to an aromatic ring is 1. The van der Waals surface area contributed by atoms with Gasteiger partial charge in [0.25, 0.3) is 5.91 Å². The van der Waals surface area contributed by atoms with Crippen LogP contribution in [0.4, 0.5) is 10.9 Å². The third-order valence-corrected chi connectivity index (χ3v) is 2.95. The average Bonchev–Trinajstić information content (AvgIpc) is 2.86. The fourth-order valence-corrected chi connectivity index (χ4v) is 2.09. The van der Waals surface area contributed by atoms with Gasteiger partial charge in [-0.3, -0.25) is 15.2 Å². The van der Waals surface area contributed by atoms with Gasteiger partial charge in [-0.15, -0.1) is 11.3 Å². The first-order chi connectivity index (χ1) is 8.06. The molecule has 2 heterocycles. The number of nitrogens with two attached hydrogens (primary N) is 1. The van der Waals surface area contributed by atoms with Crippen molar-refractivity contribution in [3.8, 4) is 0 Å². The minimum Gasteiger partial charge on any atom is -0.382 e. The third kappa shape index (κ3) is 2.62. The van der Waals surface area contributed by atoms with E-state index in [-0.39, 0.29) is 11.7 Å². The summed E-state index contributed by atoms with van der Waals surface area (Å²) in [5.41, 5.74) is 6.71. The predicted molar refractivity (Wildman–Crippen MR) is 67.2 cm³/mol. The summed E-state index contributed by atoms with van der Waals surface area (Å²) in [5, 5.41) is 11.4. The van der Waals surface area contributed by atoms with E-state index in [2.05, 4.69) is 34.3 Å². The summed E-state index contributed by atoms with van der Waals surface area (Å²) in [6, 6.07) is 1.48. The van der Waals surface area contributed by atoms with E-state index in [1.807, 2.05) is 5.38 Å². The Kier molecular flexibility index (Phi) is 3.10. The van der Waals surface area contributed by atoms with Crippen LogP contribution >= 0.6 is 11.3 Å². The van der Waals surface area contributed by atoms with Crippen LogP contribution in [0.2, 0.25) is 0 Å². The van der Waals surface area contributed by atoms with Crippen molar-refractivity contribution >= 4 is 28.2 Å². The molecule has 1 amide bonds. The number of hydrogen-bond acceptors (Lipinski definition) is 5. The first kappa shape index (κ1) is 11.6. The summed E-state index contributed by atoms with van der Waals surface area (Å²) >= 11 is 1.40. The smallest absolute Gasteiger partial charge is 0.275 e. The predicted octanol–water partition coefficient (Wildman–Crippen LogP) is 1.82. The normalized spacial score (nSPS) is 10.8. The topological polar surface area (TPSA) is 96.7 Å². The van der Waals surface area contributed by atoms with Crippen LogP contribution in [0.1, 0.15) is 35.9 Å². The zero-order valence-electron chi connectivity index (χ0n) is 9.52. The highest BCUT2D eigenvalue weighted by Gasteiger charge is 2.12. The molecule has 0 fully saturated rings. The lowest BCUT2D eigenvalue weighted by molar-refractivity contribution is 0.102. The summed E-state index contributed by atoms with van der Waals surface area (Å²) in [6.07, 6.45) is 0. The van der Waals surface area contributed by atoms with Crippen molar-refractivity contribution in [2.45, 2.75) is 19.8 Å². The highest BCUT2D eigenvalue weighted by molar-refractivity contribution is 7.14. The maximum absolute atomic E-state index is 11.7. The Labute approximate surface area is 102 Å². The molecule has 0 aliphatic heterocycles. The molecule has 6 nitrogen and oxygen atoms in total. The number of aromatic amines is 1. The van der Waals surface area contributed by atoms with Crippen LogP contribution in [-0.2, 0) is 0 Å². The van der Waals surface area contributed by atoms with Gasteiger partial charge in [-0.05, 0) is 5.92 Å². The Bertz CT molecular complexity index is 530. The number of anilines is 2. The van der Waals surface area contributed by atoms with Gasteiger partial charge in [-0.2, -0.15) is 5.10 Å². The molecule has 0 saturated carbocycles. The molecular formula is C10H13N5OS. The maximum atomic E-state index is 11.7. The highest BCUT2D eigenvalue weighted by Crippen LogP contribution is 2.21. The molecule has 0 aliphatic carbocycles. The SMILES string of the molecule is CC(C)c1csc(NC(=O)c2cc(N)n[nH]2)n1. The lowest BCUT2D eigenvalue weighted by atomic mass is 10.2. The van der Waals surface area contributed by atoms with Gasteiger partial charge in [0.2, 0.25) is 0 Å². The fraction of sp³-hybridized carbons (Fsp3) is 0.300. The van der Waals surface area contributed by atoms with Crippen LogP contribution in [0, 0.1) is 0 Å². The van der Waals surface area contributed by atoms with Crippen molar-refractivity contribution in [2.75, 3.05) is 11.1 Å². The Morgan fingerprint density at radius 2 is 2.35 bits per heavy atom. The van der Waals surface area contributed by atoms with Crippen LogP contribution in [-0.4, -0.2) is 21.1 Å². The van der Waals surface area contributed by atoms with Crippen molar-refractivity contribution in [3.05, 3.63) is 22.8 Å². The van der Waals surface area contributed by atoms with E-state index in [1.165, 1.54) is 17.4 Å². The number of hydrogen-bond donors (Lipinski definition) is 3. The number of H-pyrrole nitrogens is 1. The standard InChI is InChI=1S/C10H13N5OS/c1-5(2)7-4-17-10(12-7)13-9(16)6-3-8(11)15-14-6/h3-5H,1-2H3,(H3,11,14,15)(H,12,13,16). The number of carbonyl (C=O) groups is 1. The number of thiazole rings is 1. The molecule has 2 rings (SSSR count). The second-order valence-electron chi connectivity index (χ2n) is 3.89. The van der Waals surface area contributed by atoms with E-state index in [1.54, 1.807) is 0 Å². The van der Waals surface area contributed by atoms with Gasteiger partial charge in [0, 0.05) is 11.4 Å². The second kappa shape index (κ2) is 4.54. The second-order valence-corrected chi connectivity index (χ2v) is 4.75. The summed E-state index contributed by atoms with van der Waals surface area (Å²) in [4.78, 5) is 16.0. The molecule has 0 saturated heterocycles. The van der Waals surface area contributed by atoms with E-state index < -0.39 is 0 Å². The van der Waals surface area contributed by atoms with Gasteiger partial charge in [-0.1, -0.05) is 13.8 Å². The summed E-state index contributed by atoms with van der Waals surface area (Å²) in [7, 11) is 0. The largest absolute Gasteiger partial charge is 0.382 e. The van der Waals surface area contributed by atoms with E-state index in [9.17, 15) is 4.79 Å². The first-order valence-electron chi connectivity index (χ1n) is 5.14. The third-order valence-electron chi connectivity index (χ3n) is 2.18. The van der Waals surface area contributed by atoms with E-state index in [0.717, 1.165) is 5.69 Å². The molecule has 0 radical (unpaired) electrons. The van der Waals surface area contributed by atoms with Crippen molar-refractivity contribution in [2.24, 2.45) is 0 Å². The lowest BCUT2D eigenvalue weighted by Crippen LogP contribution is -2.12. The molecular weight excluding hydrogens is 238 g/mol. The fourth-order valence-electron chi connectivity index (χ4n) is 1.23. The number of aromatic nitrogens is 3. The Balaban J connectivity index is 2.07. The molecule has 0 aromatic carbocycles. The van der Waals surface area contributed by atoms with Gasteiger partial charge in [0.15, 0.2) is 5.13 Å². The van der Waals surface area contributed by atoms with Crippen LogP contribution < -0.4 is 11.1 Å². The first-order valence-corrected chi connectivity index (χ1v) is 6.02. The Morgan fingerprint density at radius 1 is 1.59 bits per heavy atom. The van der Waals surface area contributed by atoms with Crippen LogP contribution in [0.25, 0.3) is 0 Å². The number of nitrogens with zero attached hydrogens (tertiary/aromatic N) is 2. The number of carbonyl (C=O) groups excluding carboxylic acids is 1. The molecule has 2 aromatic rings. The Hall–Kier alpha value is -1.89. The van der Waals surface area contributed by atoms with Crippen LogP contribution in [0.15, 0.2) is 11.4 Å². The minimum atomic E-state index is -0.293. The molecule has 0 bridgehead atoms. The van der Waals surface area contributed by atoms with E-state index >= 15 is 0 Å². The zero-order valence-corrected chi connectivity index (χ0v) is 10.3. The number of rotatable bonds is 3. The molecule has 2 aromatic heterocycles. The van der Waals surface area contributed by atoms with Gasteiger partial charge in [0.1, 0.15) is 11.5 Å². The van der Waals surface area contributed by atoms with Crippen LogP contribution in [0.5, 0.6) is 0 Å². The molecule has 0 spiro atoms. The van der Waals surface area contributed by atoms with E-state index in [0.29, 0.717) is 16.7 Å². The monoisotopic (exact) mass is 251 g/mol. The van der Waals surface area contributed by atoms with Crippen molar-refractivity contribution in [1.29, 1.82) is 0 Å². The molecule has 0 unspecified atom stereocenters. The molecule has 0 aliphatic rings. The van der Waals surface area contributed by atoms with Gasteiger partial charge in [-0.25, -0.2) is 4.98 Å². The zero-order chi connectivity index (χ0) is 12.4. The van der Waals surface area contributed by atoms with Crippen molar-refractivity contribution in [3.63, 3.8) is 0 Å². The van der Waals surface area contributed by atoms with E-state index in [4.69, 9.17) is 5.73 Å². The summed E-state index contributed by atoms with van der Waals surface area (Å²) in [6.45, 7) is 4.10. The van der Waals surface area contributed by atoms with Crippen LogP contribution in [0.3, 0.4) is 0 Å². The summed E-state index contributed by atoms with van der Waals surface area (Å²) < 4.78 is 0. The number of amides is 1.